The maximum absolute atomic E-state index is 14.0. The van der Waals surface area contributed by atoms with E-state index in [2.05, 4.69) is 16.2 Å². The van der Waals surface area contributed by atoms with Gasteiger partial charge < -0.3 is 11.1 Å². The maximum Gasteiger partial charge on any atom is 0.390 e. The quantitative estimate of drug-likeness (QED) is 0.648. The van der Waals surface area contributed by atoms with E-state index in [1.54, 1.807) is 0 Å². The minimum Gasteiger partial charge on any atom is -0.369 e. The molecule has 8 heteroatoms. The number of nitrogens with zero attached hydrogens (tertiary/aromatic N) is 1. The predicted molar refractivity (Wildman–Crippen MR) is 73.7 cm³/mol. The molecule has 0 aliphatic heterocycles. The third-order valence-corrected chi connectivity index (χ3v) is 2.90. The molecule has 0 unspecified atom stereocenters. The third-order valence-electron chi connectivity index (χ3n) is 2.90. The minimum atomic E-state index is -4.37. The molecule has 0 aromatic carbocycles. The standard InChI is InChI=1S/C14H15F4N3O/c1-4-13(2,3)10-9(15)7-8(11(19)22)12(21-10)20-6-5-14(16,17)18/h1,7H,5-6H2,2-3H3,(H2,19,22)(H,20,21). The van der Waals surface area contributed by atoms with E-state index in [-0.39, 0.29) is 17.1 Å². The number of rotatable bonds is 5. The summed E-state index contributed by atoms with van der Waals surface area (Å²) in [6, 6.07) is 0.819. The Labute approximate surface area is 125 Å². The average molecular weight is 317 g/mol. The minimum absolute atomic E-state index is 0.158. The molecule has 22 heavy (non-hydrogen) atoms. The van der Waals surface area contributed by atoms with Crippen LogP contribution < -0.4 is 11.1 Å². The average Bonchev–Trinajstić information content (AvgIpc) is 2.38. The second kappa shape index (κ2) is 6.22. The monoisotopic (exact) mass is 317 g/mol. The van der Waals surface area contributed by atoms with Crippen LogP contribution in [0.3, 0.4) is 0 Å². The van der Waals surface area contributed by atoms with Crippen LogP contribution in [-0.4, -0.2) is 23.6 Å². The molecule has 0 fully saturated rings. The number of terminal acetylenes is 1. The number of halogens is 4. The molecule has 0 aliphatic carbocycles. The van der Waals surface area contributed by atoms with Gasteiger partial charge in [-0.15, -0.1) is 6.42 Å². The molecule has 4 nitrogen and oxygen atoms in total. The van der Waals surface area contributed by atoms with Gasteiger partial charge in [0.2, 0.25) is 0 Å². The molecule has 0 radical (unpaired) electrons. The summed E-state index contributed by atoms with van der Waals surface area (Å²) in [7, 11) is 0. The van der Waals surface area contributed by atoms with Crippen LogP contribution in [0.2, 0.25) is 0 Å². The normalized spacial score (nSPS) is 11.9. The van der Waals surface area contributed by atoms with E-state index in [0.29, 0.717) is 0 Å². The lowest BCUT2D eigenvalue weighted by atomic mass is 9.89. The van der Waals surface area contributed by atoms with Crippen molar-refractivity contribution >= 4 is 11.7 Å². The van der Waals surface area contributed by atoms with Crippen molar-refractivity contribution < 1.29 is 22.4 Å². The maximum atomic E-state index is 14.0. The Balaban J connectivity index is 3.20. The molecule has 1 heterocycles. The number of hydrogen-bond donors (Lipinski definition) is 2. The van der Waals surface area contributed by atoms with Crippen LogP contribution in [0.4, 0.5) is 23.4 Å². The molecule has 0 atom stereocenters. The van der Waals surface area contributed by atoms with Gasteiger partial charge in [0.25, 0.3) is 5.91 Å². The highest BCUT2D eigenvalue weighted by Gasteiger charge is 2.28. The summed E-state index contributed by atoms with van der Waals surface area (Å²) in [5.74, 6) is 0.245. The second-order valence-electron chi connectivity index (χ2n) is 5.14. The molecule has 0 spiro atoms. The molecule has 0 bridgehead atoms. The first-order valence-corrected chi connectivity index (χ1v) is 6.27. The number of nitrogens with two attached hydrogens (primary N) is 1. The third kappa shape index (κ3) is 4.35. The summed E-state index contributed by atoms with van der Waals surface area (Å²) in [6.45, 7) is 2.50. The van der Waals surface area contributed by atoms with E-state index < -0.39 is 36.3 Å². The highest BCUT2D eigenvalue weighted by molar-refractivity contribution is 5.97. The molecule has 0 aliphatic rings. The number of alkyl halides is 3. The first kappa shape index (κ1) is 17.8. The van der Waals surface area contributed by atoms with Crippen molar-refractivity contribution in [3.63, 3.8) is 0 Å². The molecular formula is C14H15F4N3O. The topological polar surface area (TPSA) is 68.0 Å². The fourth-order valence-corrected chi connectivity index (χ4v) is 1.64. The first-order chi connectivity index (χ1) is 9.98. The van der Waals surface area contributed by atoms with Gasteiger partial charge in [-0.2, -0.15) is 13.2 Å². The van der Waals surface area contributed by atoms with Gasteiger partial charge in [0.15, 0.2) is 0 Å². The lowest BCUT2D eigenvalue weighted by Gasteiger charge is -2.20. The van der Waals surface area contributed by atoms with E-state index in [1.807, 2.05) is 0 Å². The molecule has 1 rings (SSSR count). The van der Waals surface area contributed by atoms with Gasteiger partial charge >= 0.3 is 6.18 Å². The number of nitrogens with one attached hydrogen (secondary N) is 1. The van der Waals surface area contributed by atoms with Crippen molar-refractivity contribution in [2.75, 3.05) is 11.9 Å². The van der Waals surface area contributed by atoms with Gasteiger partial charge in [-0.1, -0.05) is 5.92 Å². The summed E-state index contributed by atoms with van der Waals surface area (Å²) < 4.78 is 50.5. The Morgan fingerprint density at radius 3 is 2.50 bits per heavy atom. The van der Waals surface area contributed by atoms with Gasteiger partial charge in [-0.05, 0) is 19.9 Å². The Hall–Kier alpha value is -2.30. The second-order valence-corrected chi connectivity index (χ2v) is 5.14. The zero-order chi connectivity index (χ0) is 17.1. The van der Waals surface area contributed by atoms with Crippen LogP contribution in [-0.2, 0) is 5.41 Å². The number of amides is 1. The molecule has 0 saturated heterocycles. The smallest absolute Gasteiger partial charge is 0.369 e. The predicted octanol–water partition coefficient (Wildman–Crippen LogP) is 2.59. The summed E-state index contributed by atoms with van der Waals surface area (Å²) in [6.07, 6.45) is -0.220. The van der Waals surface area contributed by atoms with Gasteiger partial charge in [-0.3, -0.25) is 4.79 Å². The van der Waals surface area contributed by atoms with E-state index in [4.69, 9.17) is 12.2 Å². The van der Waals surface area contributed by atoms with Crippen molar-refractivity contribution in [2.45, 2.75) is 31.9 Å². The summed E-state index contributed by atoms with van der Waals surface area (Å²) in [4.78, 5) is 15.1. The van der Waals surface area contributed by atoms with Gasteiger partial charge in [-0.25, -0.2) is 9.37 Å². The van der Waals surface area contributed by atoms with Crippen LogP contribution in [0.5, 0.6) is 0 Å². The Bertz CT molecular complexity index is 618. The van der Waals surface area contributed by atoms with Crippen LogP contribution in [0, 0.1) is 18.2 Å². The van der Waals surface area contributed by atoms with E-state index >= 15 is 0 Å². The van der Waals surface area contributed by atoms with Crippen molar-refractivity contribution in [3.05, 3.63) is 23.1 Å². The molecule has 0 saturated carbocycles. The van der Waals surface area contributed by atoms with Crippen LogP contribution in [0.1, 0.15) is 36.3 Å². The number of aromatic nitrogens is 1. The van der Waals surface area contributed by atoms with Crippen molar-refractivity contribution in [1.82, 2.24) is 4.98 Å². The molecule has 1 amide bonds. The van der Waals surface area contributed by atoms with Crippen LogP contribution in [0.25, 0.3) is 0 Å². The summed E-state index contributed by atoms with van der Waals surface area (Å²) in [5, 5.41) is 2.35. The van der Waals surface area contributed by atoms with Crippen LogP contribution in [0.15, 0.2) is 6.07 Å². The highest BCUT2D eigenvalue weighted by Crippen LogP contribution is 2.27. The largest absolute Gasteiger partial charge is 0.390 e. The van der Waals surface area contributed by atoms with E-state index in [1.165, 1.54) is 13.8 Å². The molecular weight excluding hydrogens is 302 g/mol. The first-order valence-electron chi connectivity index (χ1n) is 6.27. The Morgan fingerprint density at radius 2 is 2.05 bits per heavy atom. The fourth-order valence-electron chi connectivity index (χ4n) is 1.64. The van der Waals surface area contributed by atoms with Crippen molar-refractivity contribution in [3.8, 4) is 12.3 Å². The molecule has 1 aromatic heterocycles. The fraction of sp³-hybridized carbons (Fsp3) is 0.429. The van der Waals surface area contributed by atoms with Crippen molar-refractivity contribution in [2.24, 2.45) is 5.73 Å². The summed E-state index contributed by atoms with van der Waals surface area (Å²) >= 11 is 0. The molecule has 3 N–H and O–H groups in total. The summed E-state index contributed by atoms with van der Waals surface area (Å²) in [5.41, 5.74) is 3.49. The zero-order valence-corrected chi connectivity index (χ0v) is 12.0. The Morgan fingerprint density at radius 1 is 1.45 bits per heavy atom. The molecule has 1 aromatic rings. The number of primary amides is 1. The van der Waals surface area contributed by atoms with Gasteiger partial charge in [0.05, 0.1) is 23.1 Å². The lowest BCUT2D eigenvalue weighted by Crippen LogP contribution is -2.24. The van der Waals surface area contributed by atoms with E-state index in [0.717, 1.165) is 6.07 Å². The number of hydrogen-bond acceptors (Lipinski definition) is 3. The number of carbonyl (C=O) groups excluding carboxylic acids is 1. The van der Waals surface area contributed by atoms with Gasteiger partial charge in [0, 0.05) is 6.54 Å². The highest BCUT2D eigenvalue weighted by atomic mass is 19.4. The Kier molecular flexibility index (Phi) is 5.02. The zero-order valence-electron chi connectivity index (χ0n) is 12.0. The number of pyridine rings is 1. The van der Waals surface area contributed by atoms with Crippen molar-refractivity contribution in [1.29, 1.82) is 0 Å². The number of anilines is 1. The lowest BCUT2D eigenvalue weighted by molar-refractivity contribution is -0.131. The number of carbonyl (C=O) groups is 1. The SMILES string of the molecule is C#CC(C)(C)c1nc(NCCC(F)(F)F)c(C(N)=O)cc1F. The molecule has 120 valence electrons. The van der Waals surface area contributed by atoms with Gasteiger partial charge in [0.1, 0.15) is 11.6 Å². The van der Waals surface area contributed by atoms with Crippen LogP contribution >= 0.6 is 0 Å². The van der Waals surface area contributed by atoms with E-state index in [9.17, 15) is 22.4 Å².